The van der Waals surface area contributed by atoms with Gasteiger partial charge in [-0.2, -0.15) is 0 Å². The van der Waals surface area contributed by atoms with Crippen LogP contribution in [0.1, 0.15) is 25.0 Å². The van der Waals surface area contributed by atoms with Crippen molar-refractivity contribution in [2.45, 2.75) is 31.9 Å². The van der Waals surface area contributed by atoms with E-state index in [-0.39, 0.29) is 24.1 Å². The molecule has 1 atom stereocenters. The number of aliphatic hydroxyl groups is 1. The fourth-order valence-electron chi connectivity index (χ4n) is 3.59. The van der Waals surface area contributed by atoms with Crippen molar-refractivity contribution in [2.24, 2.45) is 0 Å². The molecular weight excluding hydrogens is 390 g/mol. The normalized spacial score (nSPS) is 12.6. The molecule has 0 aliphatic heterocycles. The zero-order chi connectivity index (χ0) is 21.8. The van der Waals surface area contributed by atoms with E-state index in [1.165, 1.54) is 22.0 Å². The minimum absolute atomic E-state index is 0.0684. The summed E-state index contributed by atoms with van der Waals surface area (Å²) in [5.74, 6) is 0.667. The SMILES string of the molecule is CC(C)(c1ccccc1)c1ccc(OCC(O)Cn2cnc3ncccc3c2=O)cc1. The molecule has 1 unspecified atom stereocenters. The third kappa shape index (κ3) is 4.49. The minimum Gasteiger partial charge on any atom is -0.491 e. The molecule has 2 aromatic heterocycles. The van der Waals surface area contributed by atoms with Gasteiger partial charge in [0.15, 0.2) is 5.65 Å². The Morgan fingerprint density at radius 1 is 0.968 bits per heavy atom. The fraction of sp³-hybridized carbons (Fsp3) is 0.240. The second-order valence-corrected chi connectivity index (χ2v) is 8.06. The highest BCUT2D eigenvalue weighted by molar-refractivity contribution is 5.72. The van der Waals surface area contributed by atoms with Crippen molar-refractivity contribution in [3.63, 3.8) is 0 Å². The number of rotatable bonds is 7. The van der Waals surface area contributed by atoms with Crippen LogP contribution in [0.5, 0.6) is 5.75 Å². The summed E-state index contributed by atoms with van der Waals surface area (Å²) in [6.45, 7) is 4.54. The number of hydrogen-bond acceptors (Lipinski definition) is 5. The van der Waals surface area contributed by atoms with Crippen molar-refractivity contribution < 1.29 is 9.84 Å². The molecule has 0 saturated carbocycles. The highest BCUT2D eigenvalue weighted by Gasteiger charge is 2.22. The third-order valence-corrected chi connectivity index (χ3v) is 5.52. The molecule has 6 heteroatoms. The minimum atomic E-state index is -0.853. The highest BCUT2D eigenvalue weighted by atomic mass is 16.5. The number of aliphatic hydroxyl groups excluding tert-OH is 1. The summed E-state index contributed by atoms with van der Waals surface area (Å²) in [4.78, 5) is 20.8. The quantitative estimate of drug-likeness (QED) is 0.499. The monoisotopic (exact) mass is 415 g/mol. The predicted octanol–water partition coefficient (Wildman–Crippen LogP) is 3.56. The van der Waals surface area contributed by atoms with Crippen LogP contribution in [-0.2, 0) is 12.0 Å². The largest absolute Gasteiger partial charge is 0.491 e. The van der Waals surface area contributed by atoms with Crippen LogP contribution in [0.2, 0.25) is 0 Å². The molecule has 0 amide bonds. The van der Waals surface area contributed by atoms with Gasteiger partial charge in [0.1, 0.15) is 24.8 Å². The molecule has 6 nitrogen and oxygen atoms in total. The van der Waals surface area contributed by atoms with Crippen LogP contribution in [-0.4, -0.2) is 32.4 Å². The first-order valence-corrected chi connectivity index (χ1v) is 10.2. The molecule has 2 aromatic carbocycles. The van der Waals surface area contributed by atoms with Crippen LogP contribution in [0.3, 0.4) is 0 Å². The lowest BCUT2D eigenvalue weighted by molar-refractivity contribution is 0.0914. The molecule has 1 N–H and O–H groups in total. The lowest BCUT2D eigenvalue weighted by Crippen LogP contribution is -2.30. The summed E-state index contributed by atoms with van der Waals surface area (Å²) in [6.07, 6.45) is 2.14. The van der Waals surface area contributed by atoms with Gasteiger partial charge in [0, 0.05) is 11.6 Å². The van der Waals surface area contributed by atoms with Crippen molar-refractivity contribution >= 4 is 11.0 Å². The number of ether oxygens (including phenoxy) is 1. The van der Waals surface area contributed by atoms with Gasteiger partial charge < -0.3 is 9.84 Å². The number of fused-ring (bicyclic) bond motifs is 1. The van der Waals surface area contributed by atoms with Gasteiger partial charge in [-0.3, -0.25) is 9.36 Å². The van der Waals surface area contributed by atoms with Crippen LogP contribution in [0.4, 0.5) is 0 Å². The van der Waals surface area contributed by atoms with Gasteiger partial charge in [-0.1, -0.05) is 56.3 Å². The smallest absolute Gasteiger partial charge is 0.262 e. The molecule has 31 heavy (non-hydrogen) atoms. The zero-order valence-corrected chi connectivity index (χ0v) is 17.6. The van der Waals surface area contributed by atoms with Gasteiger partial charge >= 0.3 is 0 Å². The maximum atomic E-state index is 12.5. The molecule has 4 rings (SSSR count). The van der Waals surface area contributed by atoms with Gasteiger partial charge in [0.25, 0.3) is 5.56 Å². The molecule has 0 radical (unpaired) electrons. The summed E-state index contributed by atoms with van der Waals surface area (Å²) in [6, 6.07) is 21.6. The van der Waals surface area contributed by atoms with Crippen molar-refractivity contribution in [1.29, 1.82) is 0 Å². The van der Waals surface area contributed by atoms with E-state index >= 15 is 0 Å². The first-order valence-electron chi connectivity index (χ1n) is 10.2. The Labute approximate surface area is 180 Å². The Morgan fingerprint density at radius 3 is 2.42 bits per heavy atom. The Balaban J connectivity index is 1.39. The van der Waals surface area contributed by atoms with E-state index in [4.69, 9.17) is 4.74 Å². The van der Waals surface area contributed by atoms with Crippen LogP contribution < -0.4 is 10.3 Å². The number of aromatic nitrogens is 3. The van der Waals surface area contributed by atoms with E-state index in [0.717, 1.165) is 0 Å². The Bertz CT molecular complexity index is 1220. The van der Waals surface area contributed by atoms with Gasteiger partial charge in [0.05, 0.1) is 11.9 Å². The van der Waals surface area contributed by atoms with Crippen molar-refractivity contribution in [3.8, 4) is 5.75 Å². The van der Waals surface area contributed by atoms with E-state index in [0.29, 0.717) is 16.8 Å². The summed E-state index contributed by atoms with van der Waals surface area (Å²) >= 11 is 0. The summed E-state index contributed by atoms with van der Waals surface area (Å²) < 4.78 is 7.12. The van der Waals surface area contributed by atoms with Crippen LogP contribution in [0.25, 0.3) is 11.0 Å². The zero-order valence-electron chi connectivity index (χ0n) is 17.6. The molecular formula is C25H25N3O3. The van der Waals surface area contributed by atoms with Gasteiger partial charge in [-0.05, 0) is 35.4 Å². The van der Waals surface area contributed by atoms with Crippen molar-refractivity contribution in [3.05, 3.63) is 101 Å². The summed E-state index contributed by atoms with van der Waals surface area (Å²) in [7, 11) is 0. The molecule has 158 valence electrons. The van der Waals surface area contributed by atoms with Crippen LogP contribution >= 0.6 is 0 Å². The Kier molecular flexibility index (Phi) is 5.82. The second-order valence-electron chi connectivity index (χ2n) is 8.06. The standard InChI is InChI=1S/C25H25N3O3/c1-25(2,18-7-4-3-5-8-18)19-10-12-21(13-11-19)31-16-20(29)15-28-17-27-23-22(24(28)30)9-6-14-26-23/h3-14,17,20,29H,15-16H2,1-2H3. The molecule has 0 aliphatic rings. The number of hydrogen-bond donors (Lipinski definition) is 1. The Hall–Kier alpha value is -3.51. The van der Waals surface area contributed by atoms with E-state index in [2.05, 4.69) is 35.9 Å². The first-order chi connectivity index (χ1) is 14.9. The van der Waals surface area contributed by atoms with E-state index < -0.39 is 6.10 Å². The number of nitrogens with zero attached hydrogens (tertiary/aromatic N) is 3. The molecule has 0 bridgehead atoms. The van der Waals surface area contributed by atoms with Crippen molar-refractivity contribution in [2.75, 3.05) is 6.61 Å². The van der Waals surface area contributed by atoms with Gasteiger partial charge in [-0.15, -0.1) is 0 Å². The maximum absolute atomic E-state index is 12.5. The third-order valence-electron chi connectivity index (χ3n) is 5.52. The number of benzene rings is 2. The lowest BCUT2D eigenvalue weighted by atomic mass is 9.78. The van der Waals surface area contributed by atoms with Gasteiger partial charge in [0.2, 0.25) is 0 Å². The Morgan fingerprint density at radius 2 is 1.68 bits per heavy atom. The molecule has 0 saturated heterocycles. The van der Waals surface area contributed by atoms with Crippen LogP contribution in [0.15, 0.2) is 84.0 Å². The first kappa shape index (κ1) is 20.8. The topological polar surface area (TPSA) is 77.2 Å². The van der Waals surface area contributed by atoms with E-state index in [9.17, 15) is 9.90 Å². The average Bonchev–Trinajstić information content (AvgIpc) is 2.80. The van der Waals surface area contributed by atoms with E-state index in [1.54, 1.807) is 18.3 Å². The summed E-state index contributed by atoms with van der Waals surface area (Å²) in [5.41, 5.74) is 2.45. The van der Waals surface area contributed by atoms with E-state index in [1.807, 2.05) is 42.5 Å². The lowest BCUT2D eigenvalue weighted by Gasteiger charge is -2.26. The van der Waals surface area contributed by atoms with Crippen LogP contribution in [0, 0.1) is 0 Å². The van der Waals surface area contributed by atoms with Crippen molar-refractivity contribution in [1.82, 2.24) is 14.5 Å². The second kappa shape index (κ2) is 8.70. The molecule has 0 spiro atoms. The highest BCUT2D eigenvalue weighted by Crippen LogP contribution is 2.32. The maximum Gasteiger partial charge on any atom is 0.262 e. The number of pyridine rings is 1. The van der Waals surface area contributed by atoms with Gasteiger partial charge in [-0.25, -0.2) is 9.97 Å². The average molecular weight is 415 g/mol. The molecule has 2 heterocycles. The molecule has 4 aromatic rings. The summed E-state index contributed by atoms with van der Waals surface area (Å²) in [5, 5.41) is 10.8. The predicted molar refractivity (Wildman–Crippen MR) is 120 cm³/mol. The molecule has 0 aliphatic carbocycles. The fourth-order valence-corrected chi connectivity index (χ4v) is 3.59. The molecule has 0 fully saturated rings.